The van der Waals surface area contributed by atoms with Gasteiger partial charge in [0.25, 0.3) is 5.97 Å². The van der Waals surface area contributed by atoms with Crippen LogP contribution in [0.4, 0.5) is 0 Å². The lowest BCUT2D eigenvalue weighted by Gasteiger charge is -2.26. The third kappa shape index (κ3) is 9.39. The molecule has 0 aromatic carbocycles. The minimum Gasteiger partial charge on any atom is -0.466 e. The number of rotatable bonds is 9. The van der Waals surface area contributed by atoms with Crippen molar-refractivity contribution in [3.63, 3.8) is 0 Å². The maximum atomic E-state index is 11.2. The number of ether oxygens (including phenoxy) is 2. The lowest BCUT2D eigenvalue weighted by molar-refractivity contribution is -0.357. The summed E-state index contributed by atoms with van der Waals surface area (Å²) >= 11 is 0. The van der Waals surface area contributed by atoms with Gasteiger partial charge >= 0.3 is 17.9 Å². The van der Waals surface area contributed by atoms with Gasteiger partial charge in [-0.05, 0) is 12.8 Å². The summed E-state index contributed by atoms with van der Waals surface area (Å²) in [6, 6.07) is 0. The van der Waals surface area contributed by atoms with Crippen LogP contribution in [0.15, 0.2) is 12.2 Å². The van der Waals surface area contributed by atoms with Crippen LogP contribution in [0, 0.1) is 0 Å². The zero-order valence-electron chi connectivity index (χ0n) is 11.9. The van der Waals surface area contributed by atoms with Gasteiger partial charge in [-0.15, -0.1) is 0 Å². The molecule has 10 nitrogen and oxygen atoms in total. The topological polar surface area (TPSA) is 174 Å². The van der Waals surface area contributed by atoms with Crippen LogP contribution in [0.3, 0.4) is 0 Å². The van der Waals surface area contributed by atoms with Gasteiger partial charge < -0.3 is 40.1 Å². The Morgan fingerprint density at radius 2 is 1.59 bits per heavy atom. The Labute approximate surface area is 125 Å². The normalized spacial score (nSPS) is 14.0. The minimum atomic E-state index is -3.19. The molecule has 10 heteroatoms. The summed E-state index contributed by atoms with van der Waals surface area (Å²) in [6.07, 6.45) is -1.17. The first-order chi connectivity index (χ1) is 9.98. The molecular formula is C12H20O10. The third-order valence-corrected chi connectivity index (χ3v) is 2.48. The molecular weight excluding hydrogens is 304 g/mol. The molecule has 0 rings (SSSR count). The monoisotopic (exact) mass is 324 g/mol. The Hall–Kier alpha value is -1.56. The molecule has 1 atom stereocenters. The smallest absolute Gasteiger partial charge is 0.351 e. The molecule has 0 aliphatic carbocycles. The quantitative estimate of drug-likeness (QED) is 0.115. The first kappa shape index (κ1) is 20.4. The average Bonchev–Trinajstić information content (AvgIpc) is 2.38. The van der Waals surface area contributed by atoms with Crippen molar-refractivity contribution in [2.75, 3.05) is 7.11 Å². The third-order valence-electron chi connectivity index (χ3n) is 2.48. The molecule has 0 bridgehead atoms. The summed E-state index contributed by atoms with van der Waals surface area (Å²) in [6.45, 7) is 0. The highest BCUT2D eigenvalue weighted by Gasteiger charge is 2.37. The van der Waals surface area contributed by atoms with Gasteiger partial charge in [-0.25, -0.2) is 9.59 Å². The van der Waals surface area contributed by atoms with Gasteiger partial charge in [-0.1, -0.05) is 6.42 Å². The molecule has 0 fully saturated rings. The van der Waals surface area contributed by atoms with Crippen molar-refractivity contribution in [3.05, 3.63) is 12.2 Å². The largest absolute Gasteiger partial charge is 0.466 e. The van der Waals surface area contributed by atoms with Crippen molar-refractivity contribution in [2.24, 2.45) is 0 Å². The van der Waals surface area contributed by atoms with Crippen LogP contribution in [0.5, 0.6) is 0 Å². The van der Waals surface area contributed by atoms with Crippen molar-refractivity contribution in [3.8, 4) is 0 Å². The van der Waals surface area contributed by atoms with Crippen LogP contribution in [0.2, 0.25) is 0 Å². The molecule has 0 saturated carbocycles. The molecule has 0 aromatic heterocycles. The summed E-state index contributed by atoms with van der Waals surface area (Å²) in [5.41, 5.74) is 0. The number of hydrogen-bond acceptors (Lipinski definition) is 10. The highest BCUT2D eigenvalue weighted by atomic mass is 16.8. The highest BCUT2D eigenvalue weighted by molar-refractivity contribution is 5.91. The molecule has 0 radical (unpaired) electrons. The Kier molecular flexibility index (Phi) is 8.16. The average molecular weight is 324 g/mol. The molecule has 0 spiro atoms. The number of methoxy groups -OCH3 is 1. The minimum absolute atomic E-state index is 0.0484. The first-order valence-electron chi connectivity index (χ1n) is 6.27. The number of carbonyl (C=O) groups excluding carboxylic acids is 2. The van der Waals surface area contributed by atoms with E-state index in [1.165, 1.54) is 0 Å². The van der Waals surface area contributed by atoms with E-state index in [1.807, 2.05) is 0 Å². The van der Waals surface area contributed by atoms with Gasteiger partial charge in [0.2, 0.25) is 0 Å². The Balaban J connectivity index is 4.27. The van der Waals surface area contributed by atoms with Crippen molar-refractivity contribution in [1.82, 2.24) is 0 Å². The summed E-state index contributed by atoms with van der Waals surface area (Å²) in [5.74, 6) is -8.19. The number of unbranched alkanes of at least 4 members (excludes halogenated alkanes) is 1. The van der Waals surface area contributed by atoms with Crippen molar-refractivity contribution < 1.29 is 49.7 Å². The van der Waals surface area contributed by atoms with Crippen LogP contribution in [-0.2, 0) is 19.1 Å². The Morgan fingerprint density at radius 1 is 1.05 bits per heavy atom. The lowest BCUT2D eigenvalue weighted by atomic mass is 10.1. The second-order valence-electron chi connectivity index (χ2n) is 4.47. The Bertz CT molecular complexity index is 395. The van der Waals surface area contributed by atoms with E-state index in [4.69, 9.17) is 15.3 Å². The number of esters is 2. The maximum Gasteiger partial charge on any atom is 0.351 e. The highest BCUT2D eigenvalue weighted by Crippen LogP contribution is 2.17. The fourth-order valence-corrected chi connectivity index (χ4v) is 1.34. The predicted octanol–water partition coefficient (Wildman–Crippen LogP) is -2.55. The van der Waals surface area contributed by atoms with Gasteiger partial charge in [0.1, 0.15) is 6.10 Å². The van der Waals surface area contributed by atoms with E-state index in [0.29, 0.717) is 12.2 Å². The van der Waals surface area contributed by atoms with Crippen LogP contribution < -0.4 is 0 Å². The first-order valence-corrected chi connectivity index (χ1v) is 6.27. The van der Waals surface area contributed by atoms with Crippen molar-refractivity contribution in [1.29, 1.82) is 0 Å². The Morgan fingerprint density at radius 3 is 2.09 bits per heavy atom. The van der Waals surface area contributed by atoms with Crippen LogP contribution in [0.1, 0.15) is 25.7 Å². The van der Waals surface area contributed by atoms with Gasteiger partial charge in [0.05, 0.1) is 7.11 Å². The van der Waals surface area contributed by atoms with E-state index in [9.17, 15) is 24.9 Å². The standard InChI is InChI=1S/C12H20O10/c1-21-9(14)5-6-10(15)22-12(19,20)8(13)4-2-3-7-11(16,17)18/h5-6,8,13,16-20H,2-4,7H2,1H3/b6-5-. The summed E-state index contributed by atoms with van der Waals surface area (Å²) in [7, 11) is 1.07. The molecule has 0 amide bonds. The molecule has 0 saturated heterocycles. The van der Waals surface area contributed by atoms with Gasteiger partial charge in [0, 0.05) is 18.6 Å². The molecule has 0 aliphatic heterocycles. The van der Waals surface area contributed by atoms with E-state index in [2.05, 4.69) is 9.47 Å². The lowest BCUT2D eigenvalue weighted by Crippen LogP contribution is -2.46. The number of aliphatic hydroxyl groups is 6. The second-order valence-corrected chi connectivity index (χ2v) is 4.47. The number of aliphatic hydroxyl groups excluding tert-OH is 1. The van der Waals surface area contributed by atoms with E-state index in [0.717, 1.165) is 7.11 Å². The molecule has 0 heterocycles. The molecule has 128 valence electrons. The number of hydrogen-bond donors (Lipinski definition) is 6. The van der Waals surface area contributed by atoms with Crippen molar-refractivity contribution in [2.45, 2.75) is 43.7 Å². The molecule has 6 N–H and O–H groups in total. The summed E-state index contributed by atoms with van der Waals surface area (Å²) in [4.78, 5) is 21.9. The van der Waals surface area contributed by atoms with E-state index < -0.39 is 36.4 Å². The molecule has 0 aromatic rings. The molecule has 22 heavy (non-hydrogen) atoms. The van der Waals surface area contributed by atoms with Crippen LogP contribution >= 0.6 is 0 Å². The fourth-order valence-electron chi connectivity index (χ4n) is 1.34. The van der Waals surface area contributed by atoms with Crippen LogP contribution in [0.25, 0.3) is 0 Å². The molecule has 0 aliphatic rings. The van der Waals surface area contributed by atoms with Crippen LogP contribution in [-0.4, -0.2) is 67.7 Å². The second kappa shape index (κ2) is 8.78. The van der Waals surface area contributed by atoms with E-state index in [1.54, 1.807) is 0 Å². The van der Waals surface area contributed by atoms with Gasteiger partial charge in [-0.3, -0.25) is 0 Å². The van der Waals surface area contributed by atoms with E-state index in [-0.39, 0.29) is 19.3 Å². The zero-order chi connectivity index (χ0) is 17.4. The van der Waals surface area contributed by atoms with Crippen molar-refractivity contribution >= 4 is 11.9 Å². The zero-order valence-corrected chi connectivity index (χ0v) is 11.9. The fraction of sp³-hybridized carbons (Fsp3) is 0.667. The van der Waals surface area contributed by atoms with E-state index >= 15 is 0 Å². The predicted molar refractivity (Wildman–Crippen MR) is 68.3 cm³/mol. The SMILES string of the molecule is COC(=O)/C=C\C(=O)OC(O)(O)C(O)CCCCC(O)(O)O. The summed E-state index contributed by atoms with van der Waals surface area (Å²) in [5, 5.41) is 54.2. The summed E-state index contributed by atoms with van der Waals surface area (Å²) < 4.78 is 8.37. The maximum absolute atomic E-state index is 11.2. The van der Waals surface area contributed by atoms with Gasteiger partial charge in [0.15, 0.2) is 0 Å². The molecule has 1 unspecified atom stereocenters. The number of carbonyl (C=O) groups is 2. The van der Waals surface area contributed by atoms with Gasteiger partial charge in [-0.2, -0.15) is 0 Å².